The maximum Gasteiger partial charge on any atom is 0.305 e. The van der Waals surface area contributed by atoms with E-state index in [2.05, 4.69) is 21.3 Å². The maximum absolute atomic E-state index is 13.0. The van der Waals surface area contributed by atoms with Gasteiger partial charge in [0.2, 0.25) is 23.6 Å². The lowest BCUT2D eigenvalue weighted by atomic mass is 10.1. The zero-order valence-corrected chi connectivity index (χ0v) is 32.5. The van der Waals surface area contributed by atoms with Crippen LogP contribution in [0.1, 0.15) is 51.4 Å². The van der Waals surface area contributed by atoms with Crippen molar-refractivity contribution in [2.24, 2.45) is 11.5 Å². The molecule has 322 valence electrons. The van der Waals surface area contributed by atoms with Crippen molar-refractivity contribution in [1.29, 1.82) is 0 Å². The first kappa shape index (κ1) is 51.9. The third-order valence-electron chi connectivity index (χ3n) is 7.13. The smallest absolute Gasteiger partial charge is 0.305 e. The molecule has 0 aliphatic heterocycles. The highest BCUT2D eigenvalue weighted by Crippen LogP contribution is 2.03. The van der Waals surface area contributed by atoms with Gasteiger partial charge in [0.25, 0.3) is 0 Å². The van der Waals surface area contributed by atoms with Crippen LogP contribution in [-0.2, 0) is 61.9 Å². The minimum Gasteiger partial charge on any atom is -0.481 e. The molecule has 0 aromatic carbocycles. The number of hydrogen-bond donors (Lipinski definition) is 7. The number of amides is 4. The number of nitrogens with one attached hydrogen (secondary N) is 4. The van der Waals surface area contributed by atoms with Gasteiger partial charge in [-0.15, -0.1) is 0 Å². The number of nitrogens with two attached hydrogens (primary N) is 2. The molecule has 20 nitrogen and oxygen atoms in total. The van der Waals surface area contributed by atoms with E-state index < -0.39 is 12.0 Å². The molecule has 0 saturated carbocycles. The lowest BCUT2D eigenvalue weighted by Crippen LogP contribution is -2.47. The van der Waals surface area contributed by atoms with Gasteiger partial charge in [0, 0.05) is 52.0 Å². The summed E-state index contributed by atoms with van der Waals surface area (Å²) in [5.41, 5.74) is 10.7. The molecule has 1 atom stereocenters. The number of unbranched alkanes of at least 4 members (excludes halogenated alkanes) is 1. The monoisotopic (exact) mass is 796 g/mol. The van der Waals surface area contributed by atoms with E-state index in [0.717, 1.165) is 0 Å². The van der Waals surface area contributed by atoms with Crippen LogP contribution in [0.4, 0.5) is 0 Å². The molecule has 0 heterocycles. The fourth-order valence-corrected chi connectivity index (χ4v) is 4.32. The summed E-state index contributed by atoms with van der Waals surface area (Å²) >= 11 is 0. The standard InChI is InChI=1S/C35H68N6O14/c36-9-17-51-23-20-48-14-6-31(42)38-11-2-1-4-30(41-33(44)5-3-12-39-32(43)7-15-49-21-24-52-18-10-37)35(47)40-13-19-53-25-27-55-29-28-54-26-22-50-16-8-34(45)46/h30H,1-29,36-37H2,(H,38,42)(H,39,43)(H,40,47)(H,41,44)(H,45,46)/t30-/m0/s1. The Morgan fingerprint density at radius 2 is 0.855 bits per heavy atom. The molecule has 0 aliphatic rings. The summed E-state index contributed by atoms with van der Waals surface area (Å²) in [6.45, 7) is 7.23. The van der Waals surface area contributed by atoms with Crippen LogP contribution in [0.5, 0.6) is 0 Å². The molecule has 55 heavy (non-hydrogen) atoms. The summed E-state index contributed by atoms with van der Waals surface area (Å²) in [5, 5.41) is 19.7. The number of hydrogen-bond acceptors (Lipinski definition) is 15. The molecule has 0 bridgehead atoms. The molecule has 0 unspecified atom stereocenters. The molecular weight excluding hydrogens is 728 g/mol. The van der Waals surface area contributed by atoms with Gasteiger partial charge in [-0.25, -0.2) is 0 Å². The van der Waals surface area contributed by atoms with Crippen molar-refractivity contribution in [2.45, 2.75) is 57.4 Å². The van der Waals surface area contributed by atoms with E-state index in [-0.39, 0.29) is 82.3 Å². The van der Waals surface area contributed by atoms with Gasteiger partial charge in [0.05, 0.1) is 112 Å². The van der Waals surface area contributed by atoms with Crippen LogP contribution in [0.25, 0.3) is 0 Å². The van der Waals surface area contributed by atoms with Crippen LogP contribution >= 0.6 is 0 Å². The van der Waals surface area contributed by atoms with Crippen molar-refractivity contribution in [1.82, 2.24) is 21.3 Å². The third kappa shape index (κ3) is 39.0. The van der Waals surface area contributed by atoms with Gasteiger partial charge < -0.3 is 75.7 Å². The second-order valence-electron chi connectivity index (χ2n) is 11.8. The highest BCUT2D eigenvalue weighted by molar-refractivity contribution is 5.87. The van der Waals surface area contributed by atoms with Crippen molar-refractivity contribution < 1.29 is 67.0 Å². The molecule has 0 rings (SSSR count). The molecule has 0 saturated heterocycles. The average molecular weight is 797 g/mol. The largest absolute Gasteiger partial charge is 0.481 e. The van der Waals surface area contributed by atoms with Crippen molar-refractivity contribution in [3.8, 4) is 0 Å². The molecule has 20 heteroatoms. The summed E-state index contributed by atoms with van der Waals surface area (Å²) in [5.74, 6) is -1.92. The van der Waals surface area contributed by atoms with Crippen LogP contribution in [-0.4, -0.2) is 179 Å². The molecule has 0 spiro atoms. The van der Waals surface area contributed by atoms with Crippen LogP contribution in [0, 0.1) is 0 Å². The van der Waals surface area contributed by atoms with Crippen molar-refractivity contribution in [3.63, 3.8) is 0 Å². The highest BCUT2D eigenvalue weighted by atomic mass is 16.6. The Balaban J connectivity index is 4.39. The van der Waals surface area contributed by atoms with E-state index >= 15 is 0 Å². The Bertz CT molecular complexity index is 969. The van der Waals surface area contributed by atoms with Crippen LogP contribution < -0.4 is 32.7 Å². The first-order valence-corrected chi connectivity index (χ1v) is 19.1. The van der Waals surface area contributed by atoms with Crippen molar-refractivity contribution in [3.05, 3.63) is 0 Å². The number of rotatable bonds is 42. The number of carbonyl (C=O) groups is 5. The van der Waals surface area contributed by atoms with Crippen molar-refractivity contribution in [2.75, 3.05) is 138 Å². The number of aliphatic carboxylic acids is 1. The minimum absolute atomic E-state index is 0.0479. The van der Waals surface area contributed by atoms with Gasteiger partial charge in [-0.2, -0.15) is 0 Å². The Morgan fingerprint density at radius 1 is 0.436 bits per heavy atom. The maximum atomic E-state index is 13.0. The second-order valence-corrected chi connectivity index (χ2v) is 11.8. The SMILES string of the molecule is NCCOCCOCCC(=O)NCCCC[C@H](NC(=O)CCCNC(=O)CCOCCOCCN)C(=O)NCCOCCOCCOCCOCCC(=O)O. The average Bonchev–Trinajstić information content (AvgIpc) is 3.16. The molecule has 9 N–H and O–H groups in total. The number of ether oxygens (including phenoxy) is 8. The molecule has 4 amide bonds. The van der Waals surface area contributed by atoms with E-state index in [9.17, 15) is 24.0 Å². The zero-order chi connectivity index (χ0) is 40.5. The zero-order valence-electron chi connectivity index (χ0n) is 32.5. The Morgan fingerprint density at radius 3 is 1.33 bits per heavy atom. The lowest BCUT2D eigenvalue weighted by molar-refractivity contribution is -0.138. The quantitative estimate of drug-likeness (QED) is 0.0332. The molecule has 0 fully saturated rings. The first-order valence-electron chi connectivity index (χ1n) is 19.1. The summed E-state index contributed by atoms with van der Waals surface area (Å²) in [6.07, 6.45) is 2.39. The second kappa shape index (κ2) is 40.6. The normalized spacial score (nSPS) is 11.6. The third-order valence-corrected chi connectivity index (χ3v) is 7.13. The fourth-order valence-electron chi connectivity index (χ4n) is 4.32. The van der Waals surface area contributed by atoms with E-state index in [0.29, 0.717) is 131 Å². The Hall–Kier alpha value is -3.05. The fraction of sp³-hybridized carbons (Fsp3) is 0.857. The molecule has 0 aromatic rings. The van der Waals surface area contributed by atoms with Gasteiger partial charge >= 0.3 is 5.97 Å². The van der Waals surface area contributed by atoms with Crippen molar-refractivity contribution >= 4 is 29.6 Å². The van der Waals surface area contributed by atoms with Gasteiger partial charge in [0.15, 0.2) is 0 Å². The highest BCUT2D eigenvalue weighted by Gasteiger charge is 2.20. The van der Waals surface area contributed by atoms with Gasteiger partial charge in [-0.1, -0.05) is 0 Å². The number of carboxylic acids is 1. The molecule has 0 aliphatic carbocycles. The van der Waals surface area contributed by atoms with Gasteiger partial charge in [0.1, 0.15) is 6.04 Å². The van der Waals surface area contributed by atoms with E-state index in [1.807, 2.05) is 0 Å². The molecule has 0 radical (unpaired) electrons. The predicted octanol–water partition coefficient (Wildman–Crippen LogP) is -1.92. The van der Waals surface area contributed by atoms with E-state index in [4.69, 9.17) is 54.5 Å². The van der Waals surface area contributed by atoms with Gasteiger partial charge in [-0.05, 0) is 25.7 Å². The van der Waals surface area contributed by atoms with E-state index in [1.54, 1.807) is 0 Å². The van der Waals surface area contributed by atoms with E-state index in [1.165, 1.54) is 0 Å². The summed E-state index contributed by atoms with van der Waals surface area (Å²) in [6, 6.07) is -0.787. The minimum atomic E-state index is -0.911. The van der Waals surface area contributed by atoms with Gasteiger partial charge in [-0.3, -0.25) is 24.0 Å². The lowest BCUT2D eigenvalue weighted by Gasteiger charge is -2.19. The van der Waals surface area contributed by atoms with Crippen LogP contribution in [0.3, 0.4) is 0 Å². The first-order chi connectivity index (χ1) is 26.8. The Kier molecular flexibility index (Phi) is 38.4. The molecule has 0 aromatic heterocycles. The van der Waals surface area contributed by atoms with Crippen LogP contribution in [0.2, 0.25) is 0 Å². The Labute approximate surface area is 325 Å². The summed E-state index contributed by atoms with van der Waals surface area (Å²) in [7, 11) is 0. The molecular formula is C35H68N6O14. The topological polar surface area (TPSA) is 280 Å². The number of carboxylic acid groups (broad SMARTS) is 1. The number of carbonyl (C=O) groups excluding carboxylic acids is 4. The summed E-state index contributed by atoms with van der Waals surface area (Å²) in [4.78, 5) is 60.3. The van der Waals surface area contributed by atoms with Crippen LogP contribution in [0.15, 0.2) is 0 Å². The predicted molar refractivity (Wildman–Crippen MR) is 200 cm³/mol. The summed E-state index contributed by atoms with van der Waals surface area (Å²) < 4.78 is 42.5.